The molecule has 0 spiro atoms. The van der Waals surface area contributed by atoms with Gasteiger partial charge in [-0.15, -0.1) is 0 Å². The lowest BCUT2D eigenvalue weighted by molar-refractivity contribution is -0.139. The number of aliphatic carboxylic acids is 1. The van der Waals surface area contributed by atoms with Gasteiger partial charge in [-0.2, -0.15) is 0 Å². The summed E-state index contributed by atoms with van der Waals surface area (Å²) < 4.78 is 5.35. The topological polar surface area (TPSA) is 141 Å². The molecule has 9 heteroatoms. The van der Waals surface area contributed by atoms with Crippen molar-refractivity contribution in [2.24, 2.45) is 0 Å². The summed E-state index contributed by atoms with van der Waals surface area (Å²) in [7, 11) is 0. The molecule has 0 fully saturated rings. The van der Waals surface area contributed by atoms with E-state index in [4.69, 9.17) is 4.74 Å². The number of carboxylic acid groups (broad SMARTS) is 1. The minimum Gasteiger partial charge on any atom is -0.480 e. The lowest BCUT2D eigenvalue weighted by atomic mass is 9.98. The molecular formula is C22H19N3O6. The Balaban J connectivity index is 1.45. The number of carboxylic acids is 1. The number of carbonyl (C=O) groups excluding carboxylic acids is 1. The molecule has 1 amide bonds. The van der Waals surface area contributed by atoms with Crippen LogP contribution in [0.15, 0.2) is 64.2 Å². The molecule has 2 aromatic carbocycles. The zero-order valence-corrected chi connectivity index (χ0v) is 16.3. The molecular weight excluding hydrogens is 402 g/mol. The van der Waals surface area contributed by atoms with Gasteiger partial charge in [0, 0.05) is 24.1 Å². The normalized spacial score (nSPS) is 13.2. The zero-order valence-electron chi connectivity index (χ0n) is 16.3. The van der Waals surface area contributed by atoms with E-state index in [0.29, 0.717) is 0 Å². The third kappa shape index (κ3) is 4.25. The highest BCUT2D eigenvalue weighted by molar-refractivity contribution is 5.81. The Morgan fingerprint density at radius 3 is 2.19 bits per heavy atom. The number of hydrogen-bond donors (Lipinski definition) is 4. The van der Waals surface area contributed by atoms with Crippen LogP contribution in [0.25, 0.3) is 11.1 Å². The largest absolute Gasteiger partial charge is 0.480 e. The predicted molar refractivity (Wildman–Crippen MR) is 111 cm³/mol. The molecule has 31 heavy (non-hydrogen) atoms. The van der Waals surface area contributed by atoms with E-state index >= 15 is 0 Å². The minimum absolute atomic E-state index is 0.0358. The number of ether oxygens (including phenoxy) is 1. The van der Waals surface area contributed by atoms with E-state index in [1.165, 1.54) is 0 Å². The summed E-state index contributed by atoms with van der Waals surface area (Å²) in [5.74, 6) is -1.49. The highest BCUT2D eigenvalue weighted by atomic mass is 16.5. The standard InChI is InChI=1S/C22H19N3O6/c26-19-10-12(23-21(29)25-19)9-18(20(27)28)24-22(30)31-11-17-15-7-3-1-5-13(15)14-6-2-4-8-16(14)17/h1-8,10,17-18H,9,11H2,(H,24,30)(H,27,28)(H2,23,25,26,29). The van der Waals surface area contributed by atoms with Crippen molar-refractivity contribution in [3.8, 4) is 11.1 Å². The third-order valence-corrected chi connectivity index (χ3v) is 5.17. The Morgan fingerprint density at radius 1 is 1.00 bits per heavy atom. The van der Waals surface area contributed by atoms with Crippen LogP contribution in [0.4, 0.5) is 4.79 Å². The van der Waals surface area contributed by atoms with Gasteiger partial charge in [0.05, 0.1) is 0 Å². The molecule has 3 aromatic rings. The zero-order chi connectivity index (χ0) is 22.0. The summed E-state index contributed by atoms with van der Waals surface area (Å²) in [6, 6.07) is 15.4. The van der Waals surface area contributed by atoms with Crippen molar-refractivity contribution in [2.75, 3.05) is 6.61 Å². The average Bonchev–Trinajstić information content (AvgIpc) is 3.05. The number of amides is 1. The fourth-order valence-corrected chi connectivity index (χ4v) is 3.83. The highest BCUT2D eigenvalue weighted by Gasteiger charge is 2.29. The molecule has 4 rings (SSSR count). The maximum absolute atomic E-state index is 12.3. The Hall–Kier alpha value is -4.14. The van der Waals surface area contributed by atoms with E-state index in [9.17, 15) is 24.3 Å². The van der Waals surface area contributed by atoms with Gasteiger partial charge in [0.2, 0.25) is 0 Å². The molecule has 0 saturated heterocycles. The molecule has 1 aromatic heterocycles. The lowest BCUT2D eigenvalue weighted by Crippen LogP contribution is -2.43. The first-order valence-electron chi connectivity index (χ1n) is 9.59. The smallest absolute Gasteiger partial charge is 0.407 e. The third-order valence-electron chi connectivity index (χ3n) is 5.17. The fraction of sp³-hybridized carbons (Fsp3) is 0.182. The number of fused-ring (bicyclic) bond motifs is 3. The maximum Gasteiger partial charge on any atom is 0.407 e. The van der Waals surface area contributed by atoms with E-state index in [1.54, 1.807) is 0 Å². The Kier molecular flexibility index (Phi) is 5.40. The van der Waals surface area contributed by atoms with Crippen LogP contribution in [-0.2, 0) is 16.0 Å². The van der Waals surface area contributed by atoms with Crippen molar-refractivity contribution < 1.29 is 19.4 Å². The molecule has 0 saturated carbocycles. The summed E-state index contributed by atoms with van der Waals surface area (Å²) in [6.45, 7) is 0.0358. The number of H-pyrrole nitrogens is 2. The summed E-state index contributed by atoms with van der Waals surface area (Å²) in [5, 5.41) is 11.7. The number of aromatic amines is 2. The molecule has 0 aliphatic heterocycles. The van der Waals surface area contributed by atoms with E-state index < -0.39 is 29.4 Å². The SMILES string of the molecule is O=C(NC(Cc1cc(=O)[nH]c(=O)[nH]1)C(=O)O)OCC1c2ccccc2-c2ccccc21. The first kappa shape index (κ1) is 20.1. The van der Waals surface area contributed by atoms with Crippen molar-refractivity contribution in [1.29, 1.82) is 0 Å². The van der Waals surface area contributed by atoms with Gasteiger partial charge in [0.15, 0.2) is 0 Å². The molecule has 1 aliphatic carbocycles. The molecule has 4 N–H and O–H groups in total. The molecule has 158 valence electrons. The highest BCUT2D eigenvalue weighted by Crippen LogP contribution is 2.44. The van der Waals surface area contributed by atoms with Crippen LogP contribution in [0.2, 0.25) is 0 Å². The number of hydrogen-bond acceptors (Lipinski definition) is 5. The van der Waals surface area contributed by atoms with Crippen LogP contribution in [0.1, 0.15) is 22.7 Å². The summed E-state index contributed by atoms with van der Waals surface area (Å²) in [4.78, 5) is 51.0. The number of aromatic nitrogens is 2. The molecule has 0 bridgehead atoms. The van der Waals surface area contributed by atoms with Crippen molar-refractivity contribution in [1.82, 2.24) is 15.3 Å². The van der Waals surface area contributed by atoms with E-state index in [2.05, 4.69) is 10.3 Å². The molecule has 1 atom stereocenters. The van der Waals surface area contributed by atoms with Gasteiger partial charge in [0.1, 0.15) is 12.6 Å². The average molecular weight is 421 g/mol. The van der Waals surface area contributed by atoms with Crippen LogP contribution < -0.4 is 16.6 Å². The number of nitrogens with one attached hydrogen (secondary N) is 3. The molecule has 1 unspecified atom stereocenters. The number of carbonyl (C=O) groups is 2. The molecule has 1 heterocycles. The van der Waals surface area contributed by atoms with Crippen LogP contribution in [0.5, 0.6) is 0 Å². The molecule has 0 radical (unpaired) electrons. The summed E-state index contributed by atoms with van der Waals surface area (Å²) in [6.07, 6.45) is -1.18. The van der Waals surface area contributed by atoms with Crippen LogP contribution in [-0.4, -0.2) is 39.8 Å². The number of benzene rings is 2. The van der Waals surface area contributed by atoms with Gasteiger partial charge in [-0.05, 0) is 22.3 Å². The second-order valence-electron chi connectivity index (χ2n) is 7.18. The monoisotopic (exact) mass is 421 g/mol. The Morgan fingerprint density at radius 2 is 1.61 bits per heavy atom. The van der Waals surface area contributed by atoms with Crippen molar-refractivity contribution in [2.45, 2.75) is 18.4 Å². The number of alkyl carbamates (subject to hydrolysis) is 1. The minimum atomic E-state index is -1.38. The van der Waals surface area contributed by atoms with Gasteiger partial charge >= 0.3 is 17.8 Å². The van der Waals surface area contributed by atoms with E-state index in [1.807, 2.05) is 53.5 Å². The molecule has 9 nitrogen and oxygen atoms in total. The van der Waals surface area contributed by atoms with Crippen LogP contribution in [0.3, 0.4) is 0 Å². The van der Waals surface area contributed by atoms with E-state index in [-0.39, 0.29) is 24.6 Å². The quantitative estimate of drug-likeness (QED) is 0.476. The lowest BCUT2D eigenvalue weighted by Gasteiger charge is -2.17. The Labute approximate surface area is 175 Å². The van der Waals surface area contributed by atoms with Gasteiger partial charge in [-0.3, -0.25) is 9.78 Å². The maximum atomic E-state index is 12.3. The van der Waals surface area contributed by atoms with Gasteiger partial charge in [0.25, 0.3) is 5.56 Å². The molecule has 1 aliphatic rings. The first-order valence-corrected chi connectivity index (χ1v) is 9.59. The van der Waals surface area contributed by atoms with Gasteiger partial charge < -0.3 is 20.1 Å². The van der Waals surface area contributed by atoms with Gasteiger partial charge in [-0.1, -0.05) is 48.5 Å². The second-order valence-corrected chi connectivity index (χ2v) is 7.18. The van der Waals surface area contributed by atoms with Crippen molar-refractivity contribution >= 4 is 12.1 Å². The van der Waals surface area contributed by atoms with Crippen LogP contribution in [0, 0.1) is 0 Å². The second kappa shape index (κ2) is 8.31. The first-order chi connectivity index (χ1) is 14.9. The predicted octanol–water partition coefficient (Wildman–Crippen LogP) is 1.60. The van der Waals surface area contributed by atoms with Crippen molar-refractivity contribution in [3.05, 3.63) is 92.3 Å². The van der Waals surface area contributed by atoms with Gasteiger partial charge in [-0.25, -0.2) is 14.4 Å². The van der Waals surface area contributed by atoms with Crippen LogP contribution >= 0.6 is 0 Å². The summed E-state index contributed by atoms with van der Waals surface area (Å²) in [5.41, 5.74) is 2.89. The summed E-state index contributed by atoms with van der Waals surface area (Å²) >= 11 is 0. The van der Waals surface area contributed by atoms with E-state index in [0.717, 1.165) is 28.3 Å². The number of rotatable bonds is 6. The Bertz CT molecular complexity index is 1190. The van der Waals surface area contributed by atoms with Crippen molar-refractivity contribution in [3.63, 3.8) is 0 Å². The fourth-order valence-electron chi connectivity index (χ4n) is 3.83.